The minimum absolute atomic E-state index is 0.0446. The summed E-state index contributed by atoms with van der Waals surface area (Å²) < 4.78 is 17.0. The summed E-state index contributed by atoms with van der Waals surface area (Å²) >= 11 is 13.0. The molecule has 1 aromatic rings. The Hall–Kier alpha value is -2.01. The van der Waals surface area contributed by atoms with Crippen molar-refractivity contribution < 1.29 is 33.7 Å². The number of likely N-dealkylation sites (tertiary alicyclic amines) is 2. The van der Waals surface area contributed by atoms with Gasteiger partial charge in [-0.05, 0) is 45.9 Å². The molecule has 2 unspecified atom stereocenters. The van der Waals surface area contributed by atoms with E-state index in [9.17, 15) is 19.5 Å². The normalized spacial score (nSPS) is 22.4. The second-order valence-corrected chi connectivity index (χ2v) is 18.7. The van der Waals surface area contributed by atoms with Crippen molar-refractivity contribution in [3.63, 3.8) is 0 Å². The molecule has 1 N–H and O–H groups in total. The fraction of sp³-hybridized carbons (Fsp3) is 0.654. The van der Waals surface area contributed by atoms with Gasteiger partial charge >= 0.3 is 12.1 Å². The predicted octanol–water partition coefficient (Wildman–Crippen LogP) is 5.32. The molecule has 3 rings (SSSR count). The van der Waals surface area contributed by atoms with E-state index in [1.54, 1.807) is 32.9 Å². The quantitative estimate of drug-likeness (QED) is 0.180. The number of carboxylic acids is 1. The van der Waals surface area contributed by atoms with Gasteiger partial charge in [-0.3, -0.25) is 9.59 Å². The van der Waals surface area contributed by atoms with E-state index >= 15 is 0 Å². The van der Waals surface area contributed by atoms with Crippen LogP contribution in [0.5, 0.6) is 5.75 Å². The highest BCUT2D eigenvalue weighted by molar-refractivity contribution is 6.76. The van der Waals surface area contributed by atoms with Crippen molar-refractivity contribution in [1.29, 1.82) is 0 Å². The molecule has 0 aromatic heterocycles. The summed E-state index contributed by atoms with van der Waals surface area (Å²) in [6, 6.07) is 3.82. The van der Waals surface area contributed by atoms with Gasteiger partial charge in [0.1, 0.15) is 11.4 Å². The third-order valence-corrected chi connectivity index (χ3v) is 9.44. The lowest BCUT2D eigenvalue weighted by Gasteiger charge is -2.44. The van der Waals surface area contributed by atoms with Crippen molar-refractivity contribution in [2.24, 2.45) is 5.41 Å². The maximum Gasteiger partial charge on any atom is 0.410 e. The number of nitrogens with zero attached hydrogens (tertiary/aromatic N) is 2. The smallest absolute Gasteiger partial charge is 0.410 e. The molecule has 2 aliphatic heterocycles. The van der Waals surface area contributed by atoms with Crippen LogP contribution >= 0.6 is 23.2 Å². The average molecular weight is 590 g/mol. The molecule has 0 aliphatic carbocycles. The lowest BCUT2D eigenvalue weighted by molar-refractivity contribution is -0.157. The first kappa shape index (κ1) is 30.5. The molecule has 2 fully saturated rings. The minimum atomic E-state index is -1.81. The molecule has 0 bridgehead atoms. The maximum absolute atomic E-state index is 13.6. The van der Waals surface area contributed by atoms with E-state index in [0.29, 0.717) is 17.9 Å². The SMILES string of the molecule is CC(C)(C)OC(=O)N1CC(N2CC(c3c(OCOCC[Si](C)(C)C)ccc(Cl)c3Cl)C(C)(C(=O)O)C2=O)C1. The number of carbonyl (C=O) groups is 3. The Morgan fingerprint density at radius 2 is 1.79 bits per heavy atom. The highest BCUT2D eigenvalue weighted by Gasteiger charge is 2.60. The second-order valence-electron chi connectivity index (χ2n) is 12.3. The molecular formula is C26H38Cl2N2O7Si. The van der Waals surface area contributed by atoms with E-state index in [4.69, 9.17) is 37.4 Å². The van der Waals surface area contributed by atoms with Crippen LogP contribution in [0.1, 0.15) is 39.2 Å². The van der Waals surface area contributed by atoms with Crippen LogP contribution < -0.4 is 4.74 Å². The van der Waals surface area contributed by atoms with Crippen molar-refractivity contribution in [1.82, 2.24) is 9.80 Å². The zero-order valence-electron chi connectivity index (χ0n) is 23.1. The molecule has 2 saturated heterocycles. The zero-order valence-corrected chi connectivity index (χ0v) is 25.6. The van der Waals surface area contributed by atoms with Crippen LogP contribution in [-0.2, 0) is 19.1 Å². The molecule has 0 spiro atoms. The summed E-state index contributed by atoms with van der Waals surface area (Å²) in [6.45, 7) is 14.6. The van der Waals surface area contributed by atoms with E-state index < -0.39 is 43.0 Å². The Morgan fingerprint density at radius 3 is 2.34 bits per heavy atom. The van der Waals surface area contributed by atoms with Gasteiger partial charge in [-0.1, -0.05) is 42.8 Å². The molecule has 9 nitrogen and oxygen atoms in total. The van der Waals surface area contributed by atoms with E-state index in [0.717, 1.165) is 6.04 Å². The fourth-order valence-electron chi connectivity index (χ4n) is 4.51. The van der Waals surface area contributed by atoms with E-state index in [1.165, 1.54) is 16.7 Å². The number of rotatable bonds is 9. The molecule has 2 amide bonds. The highest BCUT2D eigenvalue weighted by atomic mass is 35.5. The third kappa shape index (κ3) is 6.58. The number of carbonyl (C=O) groups excluding carboxylic acids is 2. The summed E-state index contributed by atoms with van der Waals surface area (Å²) in [5.41, 5.74) is -2.09. The van der Waals surface area contributed by atoms with E-state index in [2.05, 4.69) is 19.6 Å². The predicted molar refractivity (Wildman–Crippen MR) is 148 cm³/mol. The van der Waals surface area contributed by atoms with Crippen LogP contribution in [0.15, 0.2) is 12.1 Å². The number of carboxylic acid groups (broad SMARTS) is 1. The summed E-state index contributed by atoms with van der Waals surface area (Å²) in [7, 11) is -1.27. The lowest BCUT2D eigenvalue weighted by Crippen LogP contribution is -2.62. The monoisotopic (exact) mass is 588 g/mol. The second kappa shape index (κ2) is 11.2. The first-order chi connectivity index (χ1) is 17.5. The summed E-state index contributed by atoms with van der Waals surface area (Å²) in [6.07, 6.45) is -0.472. The van der Waals surface area contributed by atoms with E-state index in [1.807, 2.05) is 0 Å². The van der Waals surface area contributed by atoms with Gasteiger partial charge in [0.15, 0.2) is 12.2 Å². The van der Waals surface area contributed by atoms with Crippen LogP contribution in [0.4, 0.5) is 4.79 Å². The molecule has 12 heteroatoms. The van der Waals surface area contributed by atoms with E-state index in [-0.39, 0.29) is 42.5 Å². The molecule has 1 aromatic carbocycles. The zero-order chi connectivity index (χ0) is 28.6. The molecule has 2 atom stereocenters. The van der Waals surface area contributed by atoms with Gasteiger partial charge in [-0.25, -0.2) is 4.79 Å². The summed E-state index contributed by atoms with van der Waals surface area (Å²) in [5, 5.41) is 10.6. The molecular weight excluding hydrogens is 551 g/mol. The Morgan fingerprint density at radius 1 is 1.16 bits per heavy atom. The number of hydrogen-bond acceptors (Lipinski definition) is 6. The van der Waals surface area contributed by atoms with Gasteiger partial charge in [0, 0.05) is 45.8 Å². The maximum atomic E-state index is 13.6. The van der Waals surface area contributed by atoms with Gasteiger partial charge < -0.3 is 29.1 Å². The van der Waals surface area contributed by atoms with Gasteiger partial charge in [0.05, 0.1) is 16.1 Å². The Balaban J connectivity index is 1.82. The van der Waals surface area contributed by atoms with Crippen LogP contribution in [-0.4, -0.2) is 85.6 Å². The minimum Gasteiger partial charge on any atom is -0.480 e. The average Bonchev–Trinajstić information content (AvgIpc) is 2.99. The molecule has 2 aliphatic rings. The van der Waals surface area contributed by atoms with Crippen molar-refractivity contribution in [2.75, 3.05) is 33.0 Å². The standard InChI is InChI=1S/C26H38Cl2N2O7Si/c1-25(2,3)37-24(34)29-12-16(13-29)30-14-17(26(4,22(30)31)23(32)33)20-19(9-8-18(27)21(20)28)36-15-35-10-11-38(5,6)7/h8-9,16-17H,10-15H2,1-7H3,(H,32,33). The summed E-state index contributed by atoms with van der Waals surface area (Å²) in [5.74, 6) is -2.33. The Bertz CT molecular complexity index is 1080. The number of ether oxygens (including phenoxy) is 3. The molecule has 0 radical (unpaired) electrons. The Kier molecular flexibility index (Phi) is 9.02. The van der Waals surface area contributed by atoms with Crippen molar-refractivity contribution in [3.05, 3.63) is 27.7 Å². The van der Waals surface area contributed by atoms with Gasteiger partial charge in [0.2, 0.25) is 5.91 Å². The third-order valence-electron chi connectivity index (χ3n) is 6.92. The van der Waals surface area contributed by atoms with Gasteiger partial charge in [0.25, 0.3) is 0 Å². The summed E-state index contributed by atoms with van der Waals surface area (Å²) in [4.78, 5) is 41.5. The first-order valence-corrected chi connectivity index (χ1v) is 17.1. The molecule has 0 saturated carbocycles. The first-order valence-electron chi connectivity index (χ1n) is 12.7. The highest BCUT2D eigenvalue weighted by Crippen LogP contribution is 2.51. The number of hydrogen-bond donors (Lipinski definition) is 1. The van der Waals surface area contributed by atoms with Gasteiger partial charge in [-0.2, -0.15) is 0 Å². The lowest BCUT2D eigenvalue weighted by atomic mass is 9.75. The van der Waals surface area contributed by atoms with Crippen LogP contribution in [0.25, 0.3) is 0 Å². The Labute approximate surface area is 235 Å². The van der Waals surface area contributed by atoms with Crippen LogP contribution in [0.2, 0.25) is 35.7 Å². The fourth-order valence-corrected chi connectivity index (χ4v) is 5.72. The van der Waals surface area contributed by atoms with Crippen LogP contribution in [0, 0.1) is 5.41 Å². The van der Waals surface area contributed by atoms with Gasteiger partial charge in [-0.15, -0.1) is 0 Å². The molecule has 212 valence electrons. The number of benzene rings is 1. The van der Waals surface area contributed by atoms with Crippen LogP contribution in [0.3, 0.4) is 0 Å². The van der Waals surface area contributed by atoms with Crippen molar-refractivity contribution >= 4 is 49.2 Å². The topological polar surface area (TPSA) is 106 Å². The molecule has 38 heavy (non-hydrogen) atoms. The van der Waals surface area contributed by atoms with Crippen molar-refractivity contribution in [3.8, 4) is 5.75 Å². The van der Waals surface area contributed by atoms with Crippen molar-refractivity contribution in [2.45, 2.75) is 70.9 Å². The molecule has 2 heterocycles. The number of aliphatic carboxylic acids is 1. The number of halogens is 2. The largest absolute Gasteiger partial charge is 0.480 e. The number of amides is 2.